The number of carbonyl (C=O) groups excluding carboxylic acids is 1. The maximum absolute atomic E-state index is 12.1. The first kappa shape index (κ1) is 18.1. The molecule has 1 saturated heterocycles. The van der Waals surface area contributed by atoms with Crippen molar-refractivity contribution in [3.63, 3.8) is 0 Å². The molecule has 2 aliphatic rings. The van der Waals surface area contributed by atoms with Crippen LogP contribution in [0.15, 0.2) is 18.2 Å². The predicted molar refractivity (Wildman–Crippen MR) is 105 cm³/mol. The molecule has 0 atom stereocenters. The van der Waals surface area contributed by atoms with E-state index in [2.05, 4.69) is 26.6 Å². The SMILES string of the molecule is COC(=O)C1(OC)CCN(c2ccc3nc(N)n(C4CCCC4)c3c2)CC1. The molecule has 2 aromatic rings. The van der Waals surface area contributed by atoms with E-state index >= 15 is 0 Å². The van der Waals surface area contributed by atoms with Crippen LogP contribution >= 0.6 is 0 Å². The van der Waals surface area contributed by atoms with E-state index in [4.69, 9.17) is 15.2 Å². The van der Waals surface area contributed by atoms with Crippen LogP contribution < -0.4 is 10.6 Å². The first-order valence-corrected chi connectivity index (χ1v) is 9.74. The number of ether oxygens (including phenoxy) is 2. The number of esters is 1. The summed E-state index contributed by atoms with van der Waals surface area (Å²) in [4.78, 5) is 19.0. The topological polar surface area (TPSA) is 82.6 Å². The lowest BCUT2D eigenvalue weighted by Gasteiger charge is -2.39. The molecule has 1 aromatic carbocycles. The minimum Gasteiger partial charge on any atom is -0.467 e. The third-order valence-corrected chi connectivity index (χ3v) is 6.27. The Bertz CT molecular complexity index is 833. The monoisotopic (exact) mass is 372 g/mol. The molecule has 7 nitrogen and oxygen atoms in total. The zero-order chi connectivity index (χ0) is 19.0. The van der Waals surface area contributed by atoms with Crippen LogP contribution in [0.5, 0.6) is 0 Å². The van der Waals surface area contributed by atoms with Gasteiger partial charge in [-0.25, -0.2) is 9.78 Å². The quantitative estimate of drug-likeness (QED) is 0.831. The zero-order valence-electron chi connectivity index (χ0n) is 16.1. The molecule has 2 fully saturated rings. The highest BCUT2D eigenvalue weighted by atomic mass is 16.6. The Morgan fingerprint density at radius 1 is 1.22 bits per heavy atom. The number of aromatic nitrogens is 2. The van der Waals surface area contributed by atoms with Crippen molar-refractivity contribution in [1.29, 1.82) is 0 Å². The summed E-state index contributed by atoms with van der Waals surface area (Å²) in [6.45, 7) is 1.48. The van der Waals surface area contributed by atoms with E-state index in [0.717, 1.165) is 29.8 Å². The van der Waals surface area contributed by atoms with Crippen LogP contribution in [0.3, 0.4) is 0 Å². The number of hydrogen-bond acceptors (Lipinski definition) is 6. The van der Waals surface area contributed by atoms with Gasteiger partial charge in [0, 0.05) is 44.8 Å². The fourth-order valence-electron chi connectivity index (χ4n) is 4.65. The Hall–Kier alpha value is -2.28. The third-order valence-electron chi connectivity index (χ3n) is 6.27. The number of imidazole rings is 1. The fraction of sp³-hybridized carbons (Fsp3) is 0.600. The van der Waals surface area contributed by atoms with Crippen LogP contribution in [0.2, 0.25) is 0 Å². The Labute approximate surface area is 159 Å². The van der Waals surface area contributed by atoms with Gasteiger partial charge in [-0.2, -0.15) is 0 Å². The van der Waals surface area contributed by atoms with Crippen molar-refractivity contribution in [1.82, 2.24) is 9.55 Å². The summed E-state index contributed by atoms with van der Waals surface area (Å²) in [5, 5.41) is 0. The zero-order valence-corrected chi connectivity index (χ0v) is 16.1. The van der Waals surface area contributed by atoms with Gasteiger partial charge in [0.25, 0.3) is 0 Å². The Morgan fingerprint density at radius 2 is 1.93 bits per heavy atom. The van der Waals surface area contributed by atoms with Crippen molar-refractivity contribution in [2.75, 3.05) is 37.9 Å². The molecule has 146 valence electrons. The van der Waals surface area contributed by atoms with Crippen LogP contribution in [0.1, 0.15) is 44.6 Å². The number of fused-ring (bicyclic) bond motifs is 1. The first-order chi connectivity index (χ1) is 13.1. The smallest absolute Gasteiger partial charge is 0.338 e. The van der Waals surface area contributed by atoms with Gasteiger partial charge in [-0.3, -0.25) is 0 Å². The number of anilines is 2. The number of hydrogen-bond donors (Lipinski definition) is 1. The molecule has 0 amide bonds. The van der Waals surface area contributed by atoms with Gasteiger partial charge in [-0.05, 0) is 31.0 Å². The largest absolute Gasteiger partial charge is 0.467 e. The van der Waals surface area contributed by atoms with E-state index in [1.54, 1.807) is 7.11 Å². The van der Waals surface area contributed by atoms with Gasteiger partial charge in [-0.15, -0.1) is 0 Å². The number of rotatable bonds is 4. The van der Waals surface area contributed by atoms with Crippen LogP contribution in [0, 0.1) is 0 Å². The molecule has 0 radical (unpaired) electrons. The standard InChI is InChI=1S/C20H28N4O3/c1-26-18(25)20(27-2)9-11-23(12-10-20)15-7-8-16-17(13-15)24(19(21)22-16)14-5-3-4-6-14/h7-8,13-14H,3-6,9-12H2,1-2H3,(H2,21,22). The summed E-state index contributed by atoms with van der Waals surface area (Å²) in [6, 6.07) is 6.78. The molecule has 0 spiro atoms. The van der Waals surface area contributed by atoms with Crippen molar-refractivity contribution < 1.29 is 14.3 Å². The van der Waals surface area contributed by atoms with Crippen LogP contribution in [0.4, 0.5) is 11.6 Å². The number of nitrogens with zero attached hydrogens (tertiary/aromatic N) is 3. The second-order valence-electron chi connectivity index (χ2n) is 7.63. The summed E-state index contributed by atoms with van der Waals surface area (Å²) in [6.07, 6.45) is 6.05. The average Bonchev–Trinajstić information content (AvgIpc) is 3.33. The lowest BCUT2D eigenvalue weighted by atomic mass is 9.91. The summed E-state index contributed by atoms with van der Waals surface area (Å²) >= 11 is 0. The molecule has 2 N–H and O–H groups in total. The number of nitrogen functional groups attached to an aromatic ring is 1. The lowest BCUT2D eigenvalue weighted by molar-refractivity contribution is -0.168. The number of nitrogens with two attached hydrogens (primary N) is 1. The molecule has 4 rings (SSSR count). The highest BCUT2D eigenvalue weighted by Gasteiger charge is 2.42. The van der Waals surface area contributed by atoms with E-state index < -0.39 is 5.60 Å². The average molecular weight is 372 g/mol. The molecule has 0 bridgehead atoms. The first-order valence-electron chi connectivity index (χ1n) is 9.74. The Kier molecular flexibility index (Phi) is 4.72. The molecule has 1 aromatic heterocycles. The molecule has 0 unspecified atom stereocenters. The molecule has 1 aliphatic carbocycles. The minimum atomic E-state index is -0.828. The molecule has 7 heteroatoms. The van der Waals surface area contributed by atoms with E-state index in [9.17, 15) is 4.79 Å². The van der Waals surface area contributed by atoms with Crippen LogP contribution in [0.25, 0.3) is 11.0 Å². The number of benzene rings is 1. The summed E-state index contributed by atoms with van der Waals surface area (Å²) in [5.74, 6) is 0.323. The second kappa shape index (κ2) is 7.03. The number of methoxy groups -OCH3 is 2. The van der Waals surface area contributed by atoms with Crippen molar-refractivity contribution in [2.24, 2.45) is 0 Å². The predicted octanol–water partition coefficient (Wildman–Crippen LogP) is 2.89. The number of piperidine rings is 1. The molecule has 1 aliphatic heterocycles. The van der Waals surface area contributed by atoms with Gasteiger partial charge in [0.2, 0.25) is 5.95 Å². The maximum atomic E-state index is 12.1. The maximum Gasteiger partial charge on any atom is 0.338 e. The van der Waals surface area contributed by atoms with E-state index in [0.29, 0.717) is 24.8 Å². The fourth-order valence-corrected chi connectivity index (χ4v) is 4.65. The normalized spacial score (nSPS) is 20.3. The van der Waals surface area contributed by atoms with Gasteiger partial charge < -0.3 is 24.7 Å². The summed E-state index contributed by atoms with van der Waals surface area (Å²) in [7, 11) is 3.00. The van der Waals surface area contributed by atoms with Crippen molar-refractivity contribution in [3.05, 3.63) is 18.2 Å². The molecule has 1 saturated carbocycles. The van der Waals surface area contributed by atoms with Crippen LogP contribution in [-0.4, -0.2) is 48.4 Å². The van der Waals surface area contributed by atoms with E-state index in [1.807, 2.05) is 6.07 Å². The van der Waals surface area contributed by atoms with E-state index in [1.165, 1.54) is 32.8 Å². The molecule has 2 heterocycles. The van der Waals surface area contributed by atoms with Gasteiger partial charge >= 0.3 is 5.97 Å². The van der Waals surface area contributed by atoms with Gasteiger partial charge in [0.15, 0.2) is 5.60 Å². The second-order valence-corrected chi connectivity index (χ2v) is 7.63. The van der Waals surface area contributed by atoms with Crippen molar-refractivity contribution in [3.8, 4) is 0 Å². The highest BCUT2D eigenvalue weighted by Crippen LogP contribution is 2.36. The van der Waals surface area contributed by atoms with Gasteiger partial charge in [0.05, 0.1) is 18.1 Å². The van der Waals surface area contributed by atoms with E-state index in [-0.39, 0.29) is 5.97 Å². The van der Waals surface area contributed by atoms with Gasteiger partial charge in [-0.1, -0.05) is 12.8 Å². The summed E-state index contributed by atoms with van der Waals surface area (Å²) < 4.78 is 12.7. The Balaban J connectivity index is 1.60. The van der Waals surface area contributed by atoms with Gasteiger partial charge in [0.1, 0.15) is 0 Å². The van der Waals surface area contributed by atoms with Crippen molar-refractivity contribution >= 4 is 28.6 Å². The number of carbonyl (C=O) groups is 1. The molecule has 27 heavy (non-hydrogen) atoms. The molecular formula is C20H28N4O3. The highest BCUT2D eigenvalue weighted by molar-refractivity contribution is 5.83. The minimum absolute atomic E-state index is 0.285. The lowest BCUT2D eigenvalue weighted by Crippen LogP contribution is -2.51. The summed E-state index contributed by atoms with van der Waals surface area (Å²) in [5.41, 5.74) is 8.59. The van der Waals surface area contributed by atoms with Crippen molar-refractivity contribution in [2.45, 2.75) is 50.2 Å². The Morgan fingerprint density at radius 3 is 2.56 bits per heavy atom. The third kappa shape index (κ3) is 3.04. The molecular weight excluding hydrogens is 344 g/mol. The van der Waals surface area contributed by atoms with Crippen LogP contribution in [-0.2, 0) is 14.3 Å².